The Labute approximate surface area is 102 Å². The zero-order valence-corrected chi connectivity index (χ0v) is 10.9. The summed E-state index contributed by atoms with van der Waals surface area (Å²) in [5.74, 6) is 0.210. The largest absolute Gasteiger partial charge is 0.339 e. The van der Waals surface area contributed by atoms with Crippen molar-refractivity contribution < 1.29 is 13.2 Å². The van der Waals surface area contributed by atoms with Gasteiger partial charge in [-0.1, -0.05) is 6.92 Å². The second-order valence-corrected chi connectivity index (χ2v) is 6.82. The van der Waals surface area contributed by atoms with Gasteiger partial charge in [-0.15, -0.1) is 0 Å². The van der Waals surface area contributed by atoms with Gasteiger partial charge in [0.05, 0.1) is 12.3 Å². The van der Waals surface area contributed by atoms with Gasteiger partial charge in [0, 0.05) is 32.7 Å². The van der Waals surface area contributed by atoms with Crippen molar-refractivity contribution in [3.63, 3.8) is 0 Å². The molecule has 2 fully saturated rings. The zero-order valence-electron chi connectivity index (χ0n) is 10.1. The lowest BCUT2D eigenvalue weighted by Crippen LogP contribution is -2.49. The van der Waals surface area contributed by atoms with Crippen molar-refractivity contribution in [1.29, 1.82) is 0 Å². The Morgan fingerprint density at radius 3 is 2.53 bits per heavy atom. The van der Waals surface area contributed by atoms with Crippen molar-refractivity contribution in [3.05, 3.63) is 0 Å². The van der Waals surface area contributed by atoms with Crippen LogP contribution in [0.5, 0.6) is 0 Å². The predicted molar refractivity (Wildman–Crippen MR) is 64.0 cm³/mol. The number of carbonyl (C=O) groups is 1. The lowest BCUT2D eigenvalue weighted by molar-refractivity contribution is -0.131. The van der Waals surface area contributed by atoms with Crippen molar-refractivity contribution in [3.8, 4) is 0 Å². The third kappa shape index (κ3) is 2.97. The summed E-state index contributed by atoms with van der Waals surface area (Å²) in [7, 11) is -3.20. The van der Waals surface area contributed by atoms with Crippen molar-refractivity contribution >= 4 is 15.9 Å². The summed E-state index contributed by atoms with van der Waals surface area (Å²) < 4.78 is 24.8. The van der Waals surface area contributed by atoms with Gasteiger partial charge in [-0.05, 0) is 5.92 Å². The highest BCUT2D eigenvalue weighted by atomic mass is 32.2. The normalized spacial score (nSPS) is 29.5. The van der Waals surface area contributed by atoms with E-state index in [1.54, 1.807) is 4.90 Å². The van der Waals surface area contributed by atoms with E-state index in [1.165, 1.54) is 4.31 Å². The molecule has 0 aromatic heterocycles. The minimum atomic E-state index is -3.20. The van der Waals surface area contributed by atoms with Crippen LogP contribution in [0.25, 0.3) is 0 Å². The first-order chi connectivity index (χ1) is 7.99. The first-order valence-corrected chi connectivity index (χ1v) is 7.56. The van der Waals surface area contributed by atoms with Crippen LogP contribution in [0.15, 0.2) is 0 Å². The van der Waals surface area contributed by atoms with E-state index < -0.39 is 10.0 Å². The van der Waals surface area contributed by atoms with Gasteiger partial charge in [0.25, 0.3) is 0 Å². The van der Waals surface area contributed by atoms with Crippen molar-refractivity contribution in [2.75, 3.05) is 45.0 Å². The van der Waals surface area contributed by atoms with E-state index >= 15 is 0 Å². The predicted octanol–water partition coefficient (Wildman–Crippen LogP) is -1.30. The van der Waals surface area contributed by atoms with Gasteiger partial charge in [-0.2, -0.15) is 4.31 Å². The van der Waals surface area contributed by atoms with Gasteiger partial charge in [0.2, 0.25) is 15.9 Å². The van der Waals surface area contributed by atoms with E-state index in [0.717, 1.165) is 13.1 Å². The number of piperazine rings is 1. The highest BCUT2D eigenvalue weighted by molar-refractivity contribution is 7.89. The van der Waals surface area contributed by atoms with Gasteiger partial charge in [0.1, 0.15) is 0 Å². The number of amides is 1. The van der Waals surface area contributed by atoms with Gasteiger partial charge < -0.3 is 10.2 Å². The number of carbonyl (C=O) groups excluding carboxylic acids is 1. The molecule has 1 N–H and O–H groups in total. The van der Waals surface area contributed by atoms with Crippen LogP contribution in [0.2, 0.25) is 0 Å². The van der Waals surface area contributed by atoms with E-state index in [9.17, 15) is 13.2 Å². The Morgan fingerprint density at radius 2 is 2.00 bits per heavy atom. The summed E-state index contributed by atoms with van der Waals surface area (Å²) in [6.07, 6.45) is 0. The molecule has 7 heteroatoms. The summed E-state index contributed by atoms with van der Waals surface area (Å²) in [4.78, 5) is 13.7. The molecule has 0 spiro atoms. The third-order valence-electron chi connectivity index (χ3n) is 3.19. The number of sulfonamides is 1. The fourth-order valence-corrected chi connectivity index (χ4v) is 4.13. The molecule has 1 amide bonds. The minimum absolute atomic E-state index is 0.00662. The number of hydrogen-bond donors (Lipinski definition) is 1. The quantitative estimate of drug-likeness (QED) is 0.671. The number of hydrogen-bond acceptors (Lipinski definition) is 4. The molecule has 2 heterocycles. The molecular formula is C10H19N3O3S. The van der Waals surface area contributed by atoms with E-state index in [4.69, 9.17) is 0 Å². The molecule has 2 aliphatic rings. The van der Waals surface area contributed by atoms with E-state index in [-0.39, 0.29) is 24.1 Å². The Balaban J connectivity index is 1.94. The monoisotopic (exact) mass is 261 g/mol. The Hall–Kier alpha value is -0.660. The topological polar surface area (TPSA) is 69.7 Å². The van der Waals surface area contributed by atoms with Gasteiger partial charge in [-0.3, -0.25) is 4.79 Å². The minimum Gasteiger partial charge on any atom is -0.339 e. The maximum Gasteiger partial charge on any atom is 0.237 e. The third-order valence-corrected chi connectivity index (χ3v) is 5.24. The standard InChI is InChI=1S/C10H19N3O3S/c1-9-6-13(17(15,16)8-9)7-10(14)12-4-2-11-3-5-12/h9,11H,2-8H2,1H3. The Kier molecular flexibility index (Phi) is 3.70. The van der Waals surface area contributed by atoms with Crippen LogP contribution in [-0.4, -0.2) is 68.6 Å². The number of nitrogens with one attached hydrogen (secondary N) is 1. The Bertz CT molecular complexity index is 390. The highest BCUT2D eigenvalue weighted by Crippen LogP contribution is 2.18. The molecule has 2 saturated heterocycles. The van der Waals surface area contributed by atoms with Crippen LogP contribution < -0.4 is 5.32 Å². The van der Waals surface area contributed by atoms with Crippen LogP contribution >= 0.6 is 0 Å². The average Bonchev–Trinajstić information content (AvgIpc) is 2.53. The summed E-state index contributed by atoms with van der Waals surface area (Å²) in [5, 5.41) is 3.16. The first-order valence-electron chi connectivity index (χ1n) is 5.95. The van der Waals surface area contributed by atoms with Crippen LogP contribution in [0.3, 0.4) is 0 Å². The maximum atomic E-state index is 11.9. The summed E-state index contributed by atoms with van der Waals surface area (Å²) >= 11 is 0. The molecule has 0 bridgehead atoms. The second kappa shape index (κ2) is 4.91. The SMILES string of the molecule is CC1CN(CC(=O)N2CCNCC2)S(=O)(=O)C1. The molecule has 0 aromatic rings. The molecule has 2 aliphatic heterocycles. The molecule has 1 atom stereocenters. The molecule has 0 aromatic carbocycles. The lowest BCUT2D eigenvalue weighted by atomic mass is 10.2. The Morgan fingerprint density at radius 1 is 1.35 bits per heavy atom. The zero-order chi connectivity index (χ0) is 12.5. The van der Waals surface area contributed by atoms with E-state index in [0.29, 0.717) is 19.6 Å². The van der Waals surface area contributed by atoms with E-state index in [1.807, 2.05) is 6.92 Å². The highest BCUT2D eigenvalue weighted by Gasteiger charge is 2.35. The van der Waals surface area contributed by atoms with Gasteiger partial charge in [-0.25, -0.2) is 8.42 Å². The molecule has 0 radical (unpaired) electrons. The maximum absolute atomic E-state index is 11.9. The van der Waals surface area contributed by atoms with Crippen LogP contribution in [0.1, 0.15) is 6.92 Å². The van der Waals surface area contributed by atoms with Crippen LogP contribution in [-0.2, 0) is 14.8 Å². The number of rotatable bonds is 2. The number of nitrogens with zero attached hydrogens (tertiary/aromatic N) is 2. The molecule has 6 nitrogen and oxygen atoms in total. The van der Waals surface area contributed by atoms with Gasteiger partial charge >= 0.3 is 0 Å². The molecule has 17 heavy (non-hydrogen) atoms. The smallest absolute Gasteiger partial charge is 0.237 e. The van der Waals surface area contributed by atoms with Crippen molar-refractivity contribution in [2.24, 2.45) is 5.92 Å². The van der Waals surface area contributed by atoms with Crippen molar-refractivity contribution in [2.45, 2.75) is 6.92 Å². The molecule has 2 rings (SSSR count). The molecule has 0 aliphatic carbocycles. The molecule has 1 unspecified atom stereocenters. The van der Waals surface area contributed by atoms with Crippen LogP contribution in [0, 0.1) is 5.92 Å². The fourth-order valence-electron chi connectivity index (χ4n) is 2.31. The van der Waals surface area contributed by atoms with Gasteiger partial charge in [0.15, 0.2) is 0 Å². The summed E-state index contributed by atoms with van der Waals surface area (Å²) in [6.45, 7) is 5.29. The fraction of sp³-hybridized carbons (Fsp3) is 0.900. The molecule has 0 saturated carbocycles. The first kappa shape index (κ1) is 12.8. The lowest BCUT2D eigenvalue weighted by Gasteiger charge is -2.28. The summed E-state index contributed by atoms with van der Waals surface area (Å²) in [5.41, 5.74) is 0. The average molecular weight is 261 g/mol. The summed E-state index contributed by atoms with van der Waals surface area (Å²) in [6, 6.07) is 0. The van der Waals surface area contributed by atoms with Crippen molar-refractivity contribution in [1.82, 2.24) is 14.5 Å². The second-order valence-electron chi connectivity index (χ2n) is 4.81. The van der Waals surface area contributed by atoms with Crippen LogP contribution in [0.4, 0.5) is 0 Å². The molecule has 98 valence electrons. The molecular weight excluding hydrogens is 242 g/mol. The van der Waals surface area contributed by atoms with E-state index in [2.05, 4.69) is 5.32 Å².